The molecule has 1 aliphatic heterocycles. The number of carbonyl (C=O) groups is 3. The second-order valence-corrected chi connectivity index (χ2v) is 7.49. The molecule has 0 atom stereocenters. The molecule has 32 heavy (non-hydrogen) atoms. The normalized spacial score (nSPS) is 12.9. The Morgan fingerprint density at radius 2 is 1.56 bits per heavy atom. The van der Waals surface area contributed by atoms with E-state index in [1.54, 1.807) is 54.6 Å². The summed E-state index contributed by atoms with van der Waals surface area (Å²) in [6.45, 7) is 1.62. The average Bonchev–Trinajstić information content (AvgIpc) is 3.52. The number of anilines is 3. The average molecular weight is 432 g/mol. The fourth-order valence-corrected chi connectivity index (χ4v) is 3.53. The van der Waals surface area contributed by atoms with Crippen LogP contribution in [0.3, 0.4) is 0 Å². The van der Waals surface area contributed by atoms with Gasteiger partial charge in [-0.1, -0.05) is 12.1 Å². The molecule has 164 valence electrons. The van der Waals surface area contributed by atoms with Crippen LogP contribution in [0, 0.1) is 0 Å². The number of likely N-dealkylation sites (tertiary alicyclic amines) is 1. The van der Waals surface area contributed by atoms with Gasteiger partial charge in [0, 0.05) is 35.7 Å². The molecule has 8 nitrogen and oxygen atoms in total. The summed E-state index contributed by atoms with van der Waals surface area (Å²) < 4.78 is 5.07. The van der Waals surface area contributed by atoms with Gasteiger partial charge < -0.3 is 25.3 Å². The van der Waals surface area contributed by atoms with Gasteiger partial charge in [-0.15, -0.1) is 0 Å². The van der Waals surface area contributed by atoms with Gasteiger partial charge in [-0.05, 0) is 61.4 Å². The number of rotatable bonds is 7. The molecular formula is C24H24N4O4. The highest BCUT2D eigenvalue weighted by atomic mass is 16.3. The van der Waals surface area contributed by atoms with E-state index in [1.807, 2.05) is 11.0 Å². The Hall–Kier alpha value is -4.07. The topological polar surface area (TPSA) is 104 Å². The van der Waals surface area contributed by atoms with E-state index in [0.29, 0.717) is 22.6 Å². The van der Waals surface area contributed by atoms with Crippen LogP contribution in [-0.2, 0) is 4.79 Å². The Bertz CT molecular complexity index is 1100. The summed E-state index contributed by atoms with van der Waals surface area (Å²) >= 11 is 0. The Morgan fingerprint density at radius 1 is 0.844 bits per heavy atom. The first-order chi connectivity index (χ1) is 15.6. The molecule has 0 bridgehead atoms. The fourth-order valence-electron chi connectivity index (χ4n) is 3.53. The Morgan fingerprint density at radius 3 is 2.31 bits per heavy atom. The summed E-state index contributed by atoms with van der Waals surface area (Å²) in [7, 11) is 0. The predicted octanol–water partition coefficient (Wildman–Crippen LogP) is 3.82. The van der Waals surface area contributed by atoms with Crippen molar-refractivity contribution in [1.82, 2.24) is 4.90 Å². The van der Waals surface area contributed by atoms with Crippen molar-refractivity contribution in [1.29, 1.82) is 0 Å². The zero-order valence-electron chi connectivity index (χ0n) is 17.5. The molecule has 1 aromatic heterocycles. The Kier molecular flexibility index (Phi) is 6.50. The van der Waals surface area contributed by atoms with Crippen molar-refractivity contribution in [3.05, 3.63) is 78.3 Å². The quantitative estimate of drug-likeness (QED) is 0.527. The van der Waals surface area contributed by atoms with E-state index < -0.39 is 0 Å². The largest absolute Gasteiger partial charge is 0.459 e. The van der Waals surface area contributed by atoms with Gasteiger partial charge in [0.1, 0.15) is 0 Å². The first kappa shape index (κ1) is 21.2. The van der Waals surface area contributed by atoms with E-state index in [1.165, 1.54) is 6.26 Å². The monoisotopic (exact) mass is 432 g/mol. The van der Waals surface area contributed by atoms with Crippen LogP contribution in [0.2, 0.25) is 0 Å². The van der Waals surface area contributed by atoms with E-state index in [2.05, 4.69) is 16.0 Å². The van der Waals surface area contributed by atoms with Gasteiger partial charge in [-0.25, -0.2) is 0 Å². The summed E-state index contributed by atoms with van der Waals surface area (Å²) in [4.78, 5) is 38.9. The van der Waals surface area contributed by atoms with E-state index in [-0.39, 0.29) is 30.0 Å². The molecule has 3 N–H and O–H groups in total. The van der Waals surface area contributed by atoms with Crippen LogP contribution >= 0.6 is 0 Å². The van der Waals surface area contributed by atoms with Gasteiger partial charge in [0.25, 0.3) is 11.8 Å². The lowest BCUT2D eigenvalue weighted by Gasteiger charge is -2.16. The Labute approximate surface area is 185 Å². The maximum atomic E-state index is 12.5. The number of hydrogen-bond donors (Lipinski definition) is 3. The maximum absolute atomic E-state index is 12.5. The third-order valence-electron chi connectivity index (χ3n) is 5.11. The zero-order valence-corrected chi connectivity index (χ0v) is 17.5. The molecule has 4 rings (SSSR count). The van der Waals surface area contributed by atoms with Crippen LogP contribution in [-0.4, -0.2) is 42.3 Å². The Balaban J connectivity index is 1.31. The van der Waals surface area contributed by atoms with Crippen molar-refractivity contribution >= 4 is 34.8 Å². The van der Waals surface area contributed by atoms with E-state index in [9.17, 15) is 14.4 Å². The molecule has 3 amide bonds. The number of furan rings is 1. The van der Waals surface area contributed by atoms with Crippen LogP contribution in [0.25, 0.3) is 0 Å². The molecule has 0 saturated carbocycles. The minimum Gasteiger partial charge on any atom is -0.459 e. The van der Waals surface area contributed by atoms with Crippen LogP contribution < -0.4 is 16.0 Å². The summed E-state index contributed by atoms with van der Waals surface area (Å²) in [5, 5.41) is 8.56. The lowest BCUT2D eigenvalue weighted by atomic mass is 10.1. The molecule has 3 aromatic rings. The number of carbonyl (C=O) groups excluding carboxylic acids is 3. The van der Waals surface area contributed by atoms with E-state index >= 15 is 0 Å². The molecule has 8 heteroatoms. The minimum atomic E-state index is -0.372. The molecule has 1 aliphatic rings. The molecule has 0 unspecified atom stereocenters. The minimum absolute atomic E-state index is 0.0176. The van der Waals surface area contributed by atoms with Crippen LogP contribution in [0.15, 0.2) is 71.3 Å². The van der Waals surface area contributed by atoms with Gasteiger partial charge >= 0.3 is 0 Å². The maximum Gasteiger partial charge on any atom is 0.291 e. The zero-order chi connectivity index (χ0) is 22.3. The van der Waals surface area contributed by atoms with Gasteiger partial charge in [0.2, 0.25) is 5.91 Å². The van der Waals surface area contributed by atoms with Gasteiger partial charge in [0.15, 0.2) is 5.76 Å². The van der Waals surface area contributed by atoms with Crippen molar-refractivity contribution in [2.45, 2.75) is 12.8 Å². The summed E-state index contributed by atoms with van der Waals surface area (Å²) in [6, 6.07) is 17.2. The SMILES string of the molecule is O=C(CNc1cccc(C(=O)N2CCCC2)c1)Nc1cccc(NC(=O)c2ccco2)c1. The second kappa shape index (κ2) is 9.82. The van der Waals surface area contributed by atoms with Gasteiger partial charge in [-0.2, -0.15) is 0 Å². The molecule has 2 heterocycles. The van der Waals surface area contributed by atoms with E-state index in [4.69, 9.17) is 4.42 Å². The first-order valence-corrected chi connectivity index (χ1v) is 10.5. The van der Waals surface area contributed by atoms with Crippen molar-refractivity contribution in [2.75, 3.05) is 35.6 Å². The third-order valence-corrected chi connectivity index (χ3v) is 5.11. The van der Waals surface area contributed by atoms with Gasteiger partial charge in [0.05, 0.1) is 12.8 Å². The number of nitrogens with zero attached hydrogens (tertiary/aromatic N) is 1. The highest BCUT2D eigenvalue weighted by molar-refractivity contribution is 6.03. The molecular weight excluding hydrogens is 408 g/mol. The number of nitrogens with one attached hydrogen (secondary N) is 3. The fraction of sp³-hybridized carbons (Fsp3) is 0.208. The smallest absolute Gasteiger partial charge is 0.291 e. The third kappa shape index (κ3) is 5.34. The number of amides is 3. The van der Waals surface area contributed by atoms with Crippen LogP contribution in [0.5, 0.6) is 0 Å². The van der Waals surface area contributed by atoms with Gasteiger partial charge in [-0.3, -0.25) is 14.4 Å². The van der Waals surface area contributed by atoms with Crippen molar-refractivity contribution in [3.8, 4) is 0 Å². The molecule has 0 spiro atoms. The highest BCUT2D eigenvalue weighted by Crippen LogP contribution is 2.18. The van der Waals surface area contributed by atoms with Crippen molar-refractivity contribution < 1.29 is 18.8 Å². The molecule has 1 fully saturated rings. The summed E-state index contributed by atoms with van der Waals surface area (Å²) in [6.07, 6.45) is 3.51. The molecule has 0 aliphatic carbocycles. The van der Waals surface area contributed by atoms with Crippen LogP contribution in [0.4, 0.5) is 17.1 Å². The van der Waals surface area contributed by atoms with Crippen molar-refractivity contribution in [3.63, 3.8) is 0 Å². The van der Waals surface area contributed by atoms with Crippen molar-refractivity contribution in [2.24, 2.45) is 0 Å². The molecule has 0 radical (unpaired) electrons. The highest BCUT2D eigenvalue weighted by Gasteiger charge is 2.19. The number of benzene rings is 2. The second-order valence-electron chi connectivity index (χ2n) is 7.49. The standard InChI is InChI=1S/C24H24N4O4/c29-22(16-25-18-7-3-6-17(14-18)24(31)28-11-1-2-12-28)26-19-8-4-9-20(15-19)27-23(30)21-10-5-13-32-21/h3-10,13-15,25H,1-2,11-12,16H2,(H,26,29)(H,27,30). The molecule has 2 aromatic carbocycles. The summed E-state index contributed by atoms with van der Waals surface area (Å²) in [5.74, 6) is -0.405. The lowest BCUT2D eigenvalue weighted by Crippen LogP contribution is -2.27. The molecule has 1 saturated heterocycles. The predicted molar refractivity (Wildman–Crippen MR) is 122 cm³/mol. The first-order valence-electron chi connectivity index (χ1n) is 10.5. The lowest BCUT2D eigenvalue weighted by molar-refractivity contribution is -0.114. The number of hydrogen-bond acceptors (Lipinski definition) is 5. The van der Waals surface area contributed by atoms with Crippen LogP contribution in [0.1, 0.15) is 33.8 Å². The van der Waals surface area contributed by atoms with E-state index in [0.717, 1.165) is 25.9 Å². The summed E-state index contributed by atoms with van der Waals surface area (Å²) in [5.41, 5.74) is 2.39.